The number of anilines is 2. The van der Waals surface area contributed by atoms with Crippen LogP contribution in [-0.2, 0) is 60.7 Å². The van der Waals surface area contributed by atoms with Gasteiger partial charge in [0.05, 0.1) is 54.2 Å². The van der Waals surface area contributed by atoms with Crippen molar-refractivity contribution in [1.29, 1.82) is 0 Å². The van der Waals surface area contributed by atoms with Gasteiger partial charge in [-0.3, -0.25) is 27.3 Å². The number of rotatable bonds is 28. The van der Waals surface area contributed by atoms with Crippen LogP contribution in [0, 0.1) is 27.7 Å². The first-order chi connectivity index (χ1) is 42.2. The third-order valence-corrected chi connectivity index (χ3v) is 18.4. The van der Waals surface area contributed by atoms with Crippen LogP contribution in [0.15, 0.2) is 140 Å². The molecular formula is C52H60N10O23S6. The number of allylic oxidation sites excluding steroid dienone is 1. The number of carbonyl (C=O) groups is 1. The zero-order valence-corrected chi connectivity index (χ0v) is 53.9. The summed E-state index contributed by atoms with van der Waals surface area (Å²) >= 11 is 0. The molecule has 33 nitrogen and oxygen atoms in total. The van der Waals surface area contributed by atoms with Gasteiger partial charge in [-0.1, -0.05) is 6.08 Å². The van der Waals surface area contributed by atoms with Crippen molar-refractivity contribution in [1.82, 2.24) is 0 Å². The van der Waals surface area contributed by atoms with Gasteiger partial charge in [-0.15, -0.1) is 30.7 Å². The summed E-state index contributed by atoms with van der Waals surface area (Å²) in [6.07, 6.45) is 0.795. The fraction of sp³-hybridized carbons (Fsp3) is 0.327. The highest BCUT2D eigenvalue weighted by atomic mass is 32.2. The van der Waals surface area contributed by atoms with Crippen molar-refractivity contribution >= 4 is 118 Å². The van der Waals surface area contributed by atoms with Crippen molar-refractivity contribution in [3.63, 3.8) is 0 Å². The lowest BCUT2D eigenvalue weighted by Crippen LogP contribution is -2.35. The molecule has 1 atom stereocenters. The molecule has 39 heteroatoms. The smallest absolute Gasteiger partial charge is 0.323 e. The second kappa shape index (κ2) is 29.0. The van der Waals surface area contributed by atoms with Gasteiger partial charge >= 0.3 is 6.03 Å². The van der Waals surface area contributed by atoms with E-state index in [0.29, 0.717) is 57.1 Å². The summed E-state index contributed by atoms with van der Waals surface area (Å²) < 4.78 is 221. The monoisotopic (exact) mass is 1380 g/mol. The van der Waals surface area contributed by atoms with Crippen LogP contribution in [0.2, 0.25) is 0 Å². The molecule has 0 saturated heterocycles. The van der Waals surface area contributed by atoms with Crippen LogP contribution >= 0.6 is 0 Å². The zero-order valence-electron chi connectivity index (χ0n) is 49.0. The van der Waals surface area contributed by atoms with Gasteiger partial charge in [-0.25, -0.2) is 4.79 Å². The highest BCUT2D eigenvalue weighted by molar-refractivity contribution is 7.90. The van der Waals surface area contributed by atoms with Gasteiger partial charge in [0.15, 0.2) is 0 Å². The normalized spacial score (nSPS) is 15.3. The maximum absolute atomic E-state index is 13.6. The van der Waals surface area contributed by atoms with Crippen LogP contribution < -0.4 is 29.6 Å². The molecule has 91 heavy (non-hydrogen) atoms. The third kappa shape index (κ3) is 20.2. The lowest BCUT2D eigenvalue weighted by molar-refractivity contribution is 0.262. The molecule has 5 aromatic rings. The second-order valence-corrected chi connectivity index (χ2v) is 29.1. The maximum atomic E-state index is 13.6. The maximum Gasteiger partial charge on any atom is 0.323 e. The summed E-state index contributed by atoms with van der Waals surface area (Å²) in [6, 6.07) is 13.0. The van der Waals surface area contributed by atoms with Gasteiger partial charge in [0, 0.05) is 35.6 Å². The number of hydrogen-bond donors (Lipinski definition) is 8. The third-order valence-electron chi connectivity index (χ3n) is 12.7. The van der Waals surface area contributed by atoms with E-state index in [0.717, 1.165) is 25.1 Å². The van der Waals surface area contributed by atoms with Crippen LogP contribution in [-0.4, -0.2) is 127 Å². The van der Waals surface area contributed by atoms with E-state index in [4.69, 9.17) is 18.9 Å². The Morgan fingerprint density at radius 2 is 0.879 bits per heavy atom. The molecule has 0 aliphatic heterocycles. The Balaban J connectivity index is 1.25. The Morgan fingerprint density at radius 1 is 0.484 bits per heavy atom. The number of hydrogen-bond acceptors (Lipinski definition) is 25. The van der Waals surface area contributed by atoms with E-state index < -0.39 is 115 Å². The van der Waals surface area contributed by atoms with Gasteiger partial charge < -0.3 is 29.6 Å². The molecular weight excluding hydrogens is 1330 g/mol. The molecule has 1 unspecified atom stereocenters. The Hall–Kier alpha value is -8.09. The highest BCUT2D eigenvalue weighted by Crippen LogP contribution is 2.45. The number of nitrogens with zero attached hydrogens (tertiary/aromatic N) is 8. The first-order valence-corrected chi connectivity index (χ1v) is 35.4. The standard InChI is InChI=1S/C52H60N10O23S6/c1-8-82-45-25-43(47(84-16-10-18-86(64,65)66)27-41(45)59-55-35-13-12-34(88(70,71)72)24-49(35)89(73,74)75)61-57-39-22-30(3)37(20-32(39)5)53-51(63)54-38-21-33(6)40(23-31(38)4)58-62-44-26-46(83-9-2)42(28-48(44)85-17-11-19-87(67,68)69)60-56-36-14-15-52(7,91(79,80)81)29-50(36)90(76,77)78/h12-14,20-29H,8-11,15-19H2,1-7H3,(H2,53,54,63)(H,64,65,66)(H,67,68,69)(H,70,71,72)(H,73,74,75)(H,76,77,78)(H,79,80,81). The summed E-state index contributed by atoms with van der Waals surface area (Å²) in [6.45, 7) is 10.4. The molecule has 8 N–H and O–H groups in total. The number of ether oxygens (including phenoxy) is 4. The minimum absolute atomic E-state index is 0.00272. The summed E-state index contributed by atoms with van der Waals surface area (Å²) in [5.74, 6) is -1.56. The van der Waals surface area contributed by atoms with Gasteiger partial charge in [0.1, 0.15) is 71.7 Å². The highest BCUT2D eigenvalue weighted by Gasteiger charge is 2.41. The quantitative estimate of drug-likeness (QED) is 0.0131. The second-order valence-electron chi connectivity index (χ2n) is 19.8. The summed E-state index contributed by atoms with van der Waals surface area (Å²) in [5.41, 5.74) is 2.06. The predicted molar refractivity (Wildman–Crippen MR) is 328 cm³/mol. The lowest BCUT2D eigenvalue weighted by atomic mass is 10.0. The molecule has 6 rings (SSSR count). The molecule has 0 saturated carbocycles. The van der Waals surface area contributed by atoms with E-state index in [1.165, 1.54) is 24.3 Å². The molecule has 5 aromatic carbocycles. The van der Waals surface area contributed by atoms with Crippen LogP contribution in [0.4, 0.5) is 56.0 Å². The van der Waals surface area contributed by atoms with Crippen LogP contribution in [0.1, 0.15) is 62.3 Å². The van der Waals surface area contributed by atoms with E-state index in [1.807, 2.05) is 0 Å². The molecule has 1 aliphatic rings. The van der Waals surface area contributed by atoms with Gasteiger partial charge in [-0.05, 0) is 139 Å². The largest absolute Gasteiger partial charge is 0.491 e. The molecule has 492 valence electrons. The molecule has 0 bridgehead atoms. The fourth-order valence-corrected chi connectivity index (χ4v) is 11.7. The molecule has 2 amide bonds. The van der Waals surface area contributed by atoms with E-state index in [1.54, 1.807) is 65.8 Å². The Morgan fingerprint density at radius 3 is 1.25 bits per heavy atom. The van der Waals surface area contributed by atoms with Crippen LogP contribution in [0.3, 0.4) is 0 Å². The van der Waals surface area contributed by atoms with Gasteiger partial charge in [0.2, 0.25) is 0 Å². The average Bonchev–Trinajstić information content (AvgIpc) is 0.884. The molecule has 1 aliphatic carbocycles. The van der Waals surface area contributed by atoms with E-state index in [9.17, 15) is 82.6 Å². The molecule has 0 fully saturated rings. The van der Waals surface area contributed by atoms with Crippen molar-refractivity contribution in [2.75, 3.05) is 48.6 Å². The van der Waals surface area contributed by atoms with Crippen molar-refractivity contribution in [2.45, 2.75) is 82.3 Å². The average molecular weight is 1390 g/mol. The summed E-state index contributed by atoms with van der Waals surface area (Å²) in [5, 5.41) is 39.0. The Bertz CT molecular complexity index is 4580. The van der Waals surface area contributed by atoms with E-state index in [-0.39, 0.29) is 85.0 Å². The van der Waals surface area contributed by atoms with Gasteiger partial charge in [-0.2, -0.15) is 60.7 Å². The molecule has 0 aromatic heterocycles. The molecule has 0 heterocycles. The number of benzene rings is 5. The minimum atomic E-state index is -5.13. The molecule has 0 spiro atoms. The van der Waals surface area contributed by atoms with E-state index >= 15 is 0 Å². The summed E-state index contributed by atoms with van der Waals surface area (Å²) in [4.78, 5) is 10.7. The fourth-order valence-electron chi connectivity index (χ4n) is 8.03. The number of azo groups is 4. The number of aryl methyl sites for hydroxylation is 4. The number of urea groups is 1. The first kappa shape index (κ1) is 72.0. The number of carbonyl (C=O) groups excluding carboxylic acids is 1. The predicted octanol–water partition coefficient (Wildman–Crippen LogP) is 11.2. The number of amides is 2. The molecule has 0 radical (unpaired) electrons. The topological polar surface area (TPSA) is 503 Å². The lowest BCUT2D eigenvalue weighted by Gasteiger charge is -2.25. The van der Waals surface area contributed by atoms with Crippen LogP contribution in [0.25, 0.3) is 0 Å². The SMILES string of the molecule is CCOc1cc(N=Nc2cc(C)c(NC(=O)Nc3cc(C)c(N=Nc4cc(OCC)c(N=Nc5ccc(S(=O)(=O)O)cc5S(=O)(=O)O)cc4OCCCS(=O)(=O)O)cc3C)cc2C)c(OCCCS(=O)(=O)O)cc1N=NC1=CCC(C)(S(=O)(=O)O)C=C1S(=O)(=O)O. The van der Waals surface area contributed by atoms with Crippen molar-refractivity contribution in [3.8, 4) is 23.0 Å². The minimum Gasteiger partial charge on any atom is -0.491 e. The van der Waals surface area contributed by atoms with Crippen molar-refractivity contribution in [3.05, 3.63) is 112 Å². The van der Waals surface area contributed by atoms with E-state index in [2.05, 4.69) is 51.5 Å². The Labute approximate surface area is 523 Å². The first-order valence-electron chi connectivity index (χ1n) is 26.4. The zero-order chi connectivity index (χ0) is 67.7. The van der Waals surface area contributed by atoms with Gasteiger partial charge in [0.25, 0.3) is 60.7 Å². The van der Waals surface area contributed by atoms with Crippen LogP contribution in [0.5, 0.6) is 23.0 Å². The van der Waals surface area contributed by atoms with Crippen molar-refractivity contribution < 1.29 is 102 Å². The Kier molecular flexibility index (Phi) is 23.0. The number of nitrogens with one attached hydrogen (secondary N) is 2. The van der Waals surface area contributed by atoms with Crippen molar-refractivity contribution in [2.24, 2.45) is 40.9 Å². The summed E-state index contributed by atoms with van der Waals surface area (Å²) in [7, 11) is -28.8.